The van der Waals surface area contributed by atoms with Crippen LogP contribution in [-0.4, -0.2) is 37.8 Å². The van der Waals surface area contributed by atoms with Crippen LogP contribution < -0.4 is 15.4 Å². The number of carbonyl (C=O) groups excluding carboxylic acids is 2. The lowest BCUT2D eigenvalue weighted by Gasteiger charge is -2.19. The Hall–Kier alpha value is -2.93. The molecule has 0 spiro atoms. The lowest BCUT2D eigenvalue weighted by molar-refractivity contribution is 0.0514. The lowest BCUT2D eigenvalue weighted by atomic mass is 9.95. The molecule has 1 saturated carbocycles. The molecule has 1 atom stereocenters. The quantitative estimate of drug-likeness (QED) is 0.563. The SMILES string of the molecule is COCOc1cc(C(=O)N[C@H](C)C(C)C)ccc1-c1cc(C(=O)NC2CC2)cc(F)c1C. The Bertz CT molecular complexity index is 1000. The second kappa shape index (κ2) is 10.1. The standard InChI is InChI=1S/C25H31FN2O4/c1-14(2)16(4)27-24(29)17-6-9-20(23(12-17)32-13-31-5)21-10-18(11-22(26)15(21)3)25(30)28-19-7-8-19/h6,9-12,14,16,19H,7-8,13H2,1-5H3,(H,27,29)(H,28,30)/t16-/m1/s1. The van der Waals surface area contributed by atoms with E-state index in [1.54, 1.807) is 31.2 Å². The molecule has 0 bridgehead atoms. The van der Waals surface area contributed by atoms with Crippen LogP contribution in [0.4, 0.5) is 4.39 Å². The van der Waals surface area contributed by atoms with Crippen LogP contribution in [0, 0.1) is 18.7 Å². The Balaban J connectivity index is 1.99. The molecule has 0 radical (unpaired) electrons. The highest BCUT2D eigenvalue weighted by Crippen LogP contribution is 2.35. The van der Waals surface area contributed by atoms with Crippen molar-refractivity contribution in [3.8, 4) is 16.9 Å². The summed E-state index contributed by atoms with van der Waals surface area (Å²) in [4.78, 5) is 25.2. The fraction of sp³-hybridized carbons (Fsp3) is 0.440. The van der Waals surface area contributed by atoms with Gasteiger partial charge in [-0.15, -0.1) is 0 Å². The van der Waals surface area contributed by atoms with Gasteiger partial charge in [-0.05, 0) is 74.1 Å². The molecule has 2 N–H and O–H groups in total. The summed E-state index contributed by atoms with van der Waals surface area (Å²) in [5.74, 6) is -0.337. The molecular weight excluding hydrogens is 411 g/mol. The third kappa shape index (κ3) is 5.65. The normalized spacial score (nSPS) is 14.2. The lowest BCUT2D eigenvalue weighted by Crippen LogP contribution is -2.36. The Morgan fingerprint density at radius 1 is 1.06 bits per heavy atom. The minimum Gasteiger partial charge on any atom is -0.467 e. The zero-order valence-electron chi connectivity index (χ0n) is 19.3. The summed E-state index contributed by atoms with van der Waals surface area (Å²) in [6.07, 6.45) is 1.89. The zero-order valence-corrected chi connectivity index (χ0v) is 19.3. The zero-order chi connectivity index (χ0) is 23.4. The first-order valence-corrected chi connectivity index (χ1v) is 10.9. The predicted octanol–water partition coefficient (Wildman–Crippen LogP) is 4.45. The molecular formula is C25H31FN2O4. The molecule has 6 nitrogen and oxygen atoms in total. The van der Waals surface area contributed by atoms with Crippen LogP contribution in [0.5, 0.6) is 5.75 Å². The predicted molar refractivity (Wildman–Crippen MR) is 121 cm³/mol. The molecule has 0 aromatic heterocycles. The van der Waals surface area contributed by atoms with E-state index in [1.165, 1.54) is 13.2 Å². The van der Waals surface area contributed by atoms with Crippen molar-refractivity contribution in [3.05, 3.63) is 52.8 Å². The first kappa shape index (κ1) is 23.7. The van der Waals surface area contributed by atoms with Gasteiger partial charge in [-0.1, -0.05) is 13.8 Å². The molecule has 2 aromatic carbocycles. The Morgan fingerprint density at radius 2 is 1.78 bits per heavy atom. The number of hydrogen-bond donors (Lipinski definition) is 2. The fourth-order valence-corrected chi connectivity index (χ4v) is 3.17. The Morgan fingerprint density at radius 3 is 2.41 bits per heavy atom. The van der Waals surface area contributed by atoms with Crippen LogP contribution in [0.1, 0.15) is 59.9 Å². The monoisotopic (exact) mass is 442 g/mol. The van der Waals surface area contributed by atoms with E-state index in [9.17, 15) is 14.0 Å². The smallest absolute Gasteiger partial charge is 0.251 e. The minimum atomic E-state index is -0.478. The second-order valence-electron chi connectivity index (χ2n) is 8.65. The maximum Gasteiger partial charge on any atom is 0.251 e. The third-order valence-electron chi connectivity index (χ3n) is 5.74. The number of nitrogens with one attached hydrogen (secondary N) is 2. The number of amides is 2. The van der Waals surface area contributed by atoms with Crippen LogP contribution >= 0.6 is 0 Å². The third-order valence-corrected chi connectivity index (χ3v) is 5.74. The van der Waals surface area contributed by atoms with E-state index in [0.717, 1.165) is 12.8 Å². The van der Waals surface area contributed by atoms with Crippen molar-refractivity contribution in [1.82, 2.24) is 10.6 Å². The average Bonchev–Trinajstić information content (AvgIpc) is 3.57. The summed E-state index contributed by atoms with van der Waals surface area (Å²) in [7, 11) is 1.49. The summed E-state index contributed by atoms with van der Waals surface area (Å²) in [5.41, 5.74) is 2.17. The maximum absolute atomic E-state index is 14.7. The van der Waals surface area contributed by atoms with E-state index in [2.05, 4.69) is 10.6 Å². The summed E-state index contributed by atoms with van der Waals surface area (Å²) in [6, 6.07) is 8.08. The van der Waals surface area contributed by atoms with E-state index in [1.807, 2.05) is 20.8 Å². The molecule has 3 rings (SSSR count). The Labute approximate surface area is 188 Å². The van der Waals surface area contributed by atoms with Crippen LogP contribution in [0.2, 0.25) is 0 Å². The van der Waals surface area contributed by atoms with Gasteiger partial charge in [0, 0.05) is 35.9 Å². The van der Waals surface area contributed by atoms with E-state index >= 15 is 0 Å². The summed E-state index contributed by atoms with van der Waals surface area (Å²) in [5, 5.41) is 5.85. The van der Waals surface area contributed by atoms with Gasteiger partial charge in [-0.3, -0.25) is 9.59 Å². The van der Waals surface area contributed by atoms with E-state index in [-0.39, 0.29) is 42.2 Å². The number of rotatable bonds is 9. The minimum absolute atomic E-state index is 0.00326. The van der Waals surface area contributed by atoms with Gasteiger partial charge in [-0.25, -0.2) is 4.39 Å². The first-order valence-electron chi connectivity index (χ1n) is 10.9. The van der Waals surface area contributed by atoms with E-state index < -0.39 is 5.82 Å². The molecule has 172 valence electrons. The highest BCUT2D eigenvalue weighted by Gasteiger charge is 2.25. The molecule has 32 heavy (non-hydrogen) atoms. The molecule has 0 heterocycles. The van der Waals surface area contributed by atoms with Gasteiger partial charge >= 0.3 is 0 Å². The Kier molecular flexibility index (Phi) is 7.51. The van der Waals surface area contributed by atoms with Gasteiger partial charge in [0.25, 0.3) is 11.8 Å². The first-order chi connectivity index (χ1) is 15.2. The summed E-state index contributed by atoms with van der Waals surface area (Å²) >= 11 is 0. The largest absolute Gasteiger partial charge is 0.467 e. The van der Waals surface area contributed by atoms with Gasteiger partial charge in [0.1, 0.15) is 11.6 Å². The second-order valence-corrected chi connectivity index (χ2v) is 8.65. The maximum atomic E-state index is 14.7. The van der Waals surface area contributed by atoms with Crippen LogP contribution in [0.25, 0.3) is 11.1 Å². The molecule has 0 unspecified atom stereocenters. The molecule has 2 aromatic rings. The van der Waals surface area contributed by atoms with Crippen molar-refractivity contribution in [1.29, 1.82) is 0 Å². The molecule has 7 heteroatoms. The van der Waals surface area contributed by atoms with Crippen molar-refractivity contribution < 1.29 is 23.5 Å². The van der Waals surface area contributed by atoms with Gasteiger partial charge in [0.05, 0.1) is 0 Å². The topological polar surface area (TPSA) is 76.7 Å². The molecule has 1 aliphatic rings. The van der Waals surface area contributed by atoms with Crippen LogP contribution in [0.3, 0.4) is 0 Å². The van der Waals surface area contributed by atoms with Crippen molar-refractivity contribution >= 4 is 11.8 Å². The van der Waals surface area contributed by atoms with E-state index in [0.29, 0.717) is 28.0 Å². The summed E-state index contributed by atoms with van der Waals surface area (Å²) in [6.45, 7) is 7.63. The molecule has 2 amide bonds. The molecule has 1 aliphatic carbocycles. The number of hydrogen-bond acceptors (Lipinski definition) is 4. The van der Waals surface area contributed by atoms with Crippen molar-refractivity contribution in [2.24, 2.45) is 5.92 Å². The fourth-order valence-electron chi connectivity index (χ4n) is 3.17. The van der Waals surface area contributed by atoms with Gasteiger partial charge in [0.2, 0.25) is 0 Å². The van der Waals surface area contributed by atoms with E-state index in [4.69, 9.17) is 9.47 Å². The number of ether oxygens (including phenoxy) is 2. The number of halogens is 1. The molecule has 1 fully saturated rings. The van der Waals surface area contributed by atoms with Crippen molar-refractivity contribution in [3.63, 3.8) is 0 Å². The number of carbonyl (C=O) groups is 2. The number of methoxy groups -OCH3 is 1. The van der Waals surface area contributed by atoms with Gasteiger partial charge in [-0.2, -0.15) is 0 Å². The van der Waals surface area contributed by atoms with Crippen LogP contribution in [0.15, 0.2) is 30.3 Å². The molecule has 0 aliphatic heterocycles. The van der Waals surface area contributed by atoms with Gasteiger partial charge in [0.15, 0.2) is 6.79 Å². The highest BCUT2D eigenvalue weighted by molar-refractivity contribution is 5.98. The average molecular weight is 443 g/mol. The van der Waals surface area contributed by atoms with Gasteiger partial charge < -0.3 is 20.1 Å². The molecule has 0 saturated heterocycles. The number of benzene rings is 2. The van der Waals surface area contributed by atoms with Crippen molar-refractivity contribution in [2.45, 2.75) is 52.6 Å². The van der Waals surface area contributed by atoms with Crippen molar-refractivity contribution in [2.75, 3.05) is 13.9 Å². The highest BCUT2D eigenvalue weighted by atomic mass is 19.1. The summed E-state index contributed by atoms with van der Waals surface area (Å²) < 4.78 is 25.5. The van der Waals surface area contributed by atoms with Crippen LogP contribution in [-0.2, 0) is 4.74 Å².